The summed E-state index contributed by atoms with van der Waals surface area (Å²) in [5.41, 5.74) is 2.11. The molecule has 2 aliphatic heterocycles. The second-order valence-corrected chi connectivity index (χ2v) is 8.65. The number of rotatable bonds is 3. The Bertz CT molecular complexity index is 862. The predicted octanol–water partition coefficient (Wildman–Crippen LogP) is 3.34. The number of thioether (sulfide) groups is 1. The third kappa shape index (κ3) is 2.70. The van der Waals surface area contributed by atoms with Crippen LogP contribution in [-0.4, -0.2) is 38.4 Å². The van der Waals surface area contributed by atoms with Gasteiger partial charge in [0.2, 0.25) is 11.8 Å². The maximum Gasteiger partial charge on any atom is 0.248 e. The molecule has 0 saturated carbocycles. The van der Waals surface area contributed by atoms with Crippen molar-refractivity contribution in [1.29, 1.82) is 0 Å². The summed E-state index contributed by atoms with van der Waals surface area (Å²) in [5, 5.41) is 2.94. The first kappa shape index (κ1) is 16.4. The number of anilines is 1. The van der Waals surface area contributed by atoms with Crippen LogP contribution in [0.25, 0.3) is 11.1 Å². The van der Waals surface area contributed by atoms with E-state index in [-0.39, 0.29) is 22.6 Å². The van der Waals surface area contributed by atoms with Gasteiger partial charge in [0.25, 0.3) is 0 Å². The molecule has 0 radical (unpaired) electrons. The highest BCUT2D eigenvalue weighted by Gasteiger charge is 2.52. The molecule has 0 aliphatic carbocycles. The standard InChI is InChI=1S/C18H21N3O3S/c1-10(2)17-20-12-8-11(4-5-14(12)24-17)19-16(23)13-9-25-18(3)7-6-15(22)21(13)18/h4-5,8,10,13H,6-7,9H2,1-3H3,(H,19,23)/t13-,18+/m1/s1. The number of benzene rings is 1. The van der Waals surface area contributed by atoms with E-state index >= 15 is 0 Å². The molecule has 0 bridgehead atoms. The van der Waals surface area contributed by atoms with Crippen molar-refractivity contribution in [3.05, 3.63) is 24.1 Å². The number of aromatic nitrogens is 1. The molecule has 2 atom stereocenters. The number of oxazole rings is 1. The Hall–Kier alpha value is -2.02. The van der Waals surface area contributed by atoms with Crippen LogP contribution in [0.2, 0.25) is 0 Å². The molecule has 0 unspecified atom stereocenters. The lowest BCUT2D eigenvalue weighted by Gasteiger charge is -2.29. The van der Waals surface area contributed by atoms with Gasteiger partial charge in [-0.05, 0) is 31.5 Å². The van der Waals surface area contributed by atoms with E-state index in [1.807, 2.05) is 39.0 Å². The molecule has 2 saturated heterocycles. The summed E-state index contributed by atoms with van der Waals surface area (Å²) in [7, 11) is 0. The highest BCUT2D eigenvalue weighted by molar-refractivity contribution is 8.01. The van der Waals surface area contributed by atoms with E-state index in [9.17, 15) is 9.59 Å². The number of amides is 2. The van der Waals surface area contributed by atoms with Gasteiger partial charge in [0, 0.05) is 23.8 Å². The first-order valence-electron chi connectivity index (χ1n) is 8.55. The number of carbonyl (C=O) groups excluding carboxylic acids is 2. The Morgan fingerprint density at radius 2 is 2.28 bits per heavy atom. The van der Waals surface area contributed by atoms with Crippen LogP contribution in [0.1, 0.15) is 45.4 Å². The van der Waals surface area contributed by atoms with Crippen LogP contribution in [0.15, 0.2) is 22.6 Å². The van der Waals surface area contributed by atoms with Crippen molar-refractivity contribution in [3.63, 3.8) is 0 Å². The number of carbonyl (C=O) groups is 2. The van der Waals surface area contributed by atoms with Crippen molar-refractivity contribution in [2.75, 3.05) is 11.1 Å². The monoisotopic (exact) mass is 359 g/mol. The normalized spacial score (nSPS) is 25.8. The summed E-state index contributed by atoms with van der Waals surface area (Å²) < 4.78 is 5.69. The summed E-state index contributed by atoms with van der Waals surface area (Å²) in [6, 6.07) is 5.03. The van der Waals surface area contributed by atoms with Crippen molar-refractivity contribution in [2.24, 2.45) is 0 Å². The van der Waals surface area contributed by atoms with Gasteiger partial charge < -0.3 is 14.6 Å². The van der Waals surface area contributed by atoms with Crippen LogP contribution in [0, 0.1) is 0 Å². The fraction of sp³-hybridized carbons (Fsp3) is 0.500. The average molecular weight is 359 g/mol. The largest absolute Gasteiger partial charge is 0.440 e. The minimum absolute atomic E-state index is 0.0705. The van der Waals surface area contributed by atoms with Gasteiger partial charge in [0.1, 0.15) is 11.6 Å². The molecular formula is C18H21N3O3S. The second-order valence-electron chi connectivity index (χ2n) is 7.14. The third-order valence-electron chi connectivity index (χ3n) is 4.91. The van der Waals surface area contributed by atoms with E-state index in [1.165, 1.54) is 0 Å². The molecule has 3 heterocycles. The van der Waals surface area contributed by atoms with Crippen molar-refractivity contribution >= 4 is 40.4 Å². The molecule has 1 aromatic heterocycles. The van der Waals surface area contributed by atoms with Crippen LogP contribution in [0.4, 0.5) is 5.69 Å². The van der Waals surface area contributed by atoms with Gasteiger partial charge in [0.05, 0.1) is 4.87 Å². The summed E-state index contributed by atoms with van der Waals surface area (Å²) >= 11 is 1.69. The molecule has 7 heteroatoms. The SMILES string of the molecule is CC(C)c1nc2cc(NC(=O)[C@H]3CS[C@@]4(C)CCC(=O)N34)ccc2o1. The summed E-state index contributed by atoms with van der Waals surface area (Å²) in [5.74, 6) is 1.46. The van der Waals surface area contributed by atoms with Crippen LogP contribution >= 0.6 is 11.8 Å². The Morgan fingerprint density at radius 3 is 3.04 bits per heavy atom. The molecule has 0 spiro atoms. The van der Waals surface area contributed by atoms with Gasteiger partial charge >= 0.3 is 0 Å². The average Bonchev–Trinajstić information content (AvgIpc) is 3.21. The fourth-order valence-electron chi connectivity index (χ4n) is 3.51. The van der Waals surface area contributed by atoms with E-state index in [4.69, 9.17) is 4.42 Å². The summed E-state index contributed by atoms with van der Waals surface area (Å²) in [6.45, 7) is 6.09. The Kier molecular flexibility index (Phi) is 3.79. The van der Waals surface area contributed by atoms with Crippen LogP contribution in [0.5, 0.6) is 0 Å². The lowest BCUT2D eigenvalue weighted by atomic mass is 10.2. The smallest absolute Gasteiger partial charge is 0.248 e. The number of hydrogen-bond acceptors (Lipinski definition) is 5. The van der Waals surface area contributed by atoms with Gasteiger partial charge in [-0.15, -0.1) is 11.8 Å². The highest BCUT2D eigenvalue weighted by Crippen LogP contribution is 2.47. The van der Waals surface area contributed by atoms with Crippen LogP contribution in [-0.2, 0) is 9.59 Å². The van der Waals surface area contributed by atoms with E-state index in [1.54, 1.807) is 16.7 Å². The van der Waals surface area contributed by atoms with Crippen LogP contribution < -0.4 is 5.32 Å². The number of nitrogens with one attached hydrogen (secondary N) is 1. The predicted molar refractivity (Wildman–Crippen MR) is 97.5 cm³/mol. The molecule has 6 nitrogen and oxygen atoms in total. The quantitative estimate of drug-likeness (QED) is 0.910. The van der Waals surface area contributed by atoms with E-state index in [0.29, 0.717) is 29.3 Å². The molecule has 1 aromatic carbocycles. The molecule has 2 aromatic rings. The van der Waals surface area contributed by atoms with Gasteiger partial charge in [-0.1, -0.05) is 13.8 Å². The van der Waals surface area contributed by atoms with Crippen molar-refractivity contribution in [2.45, 2.75) is 50.4 Å². The van der Waals surface area contributed by atoms with Crippen LogP contribution in [0.3, 0.4) is 0 Å². The third-order valence-corrected chi connectivity index (χ3v) is 6.42. The first-order chi connectivity index (χ1) is 11.9. The van der Waals surface area contributed by atoms with Crippen molar-refractivity contribution < 1.29 is 14.0 Å². The molecule has 132 valence electrons. The molecular weight excluding hydrogens is 338 g/mol. The molecule has 2 fully saturated rings. The van der Waals surface area contributed by atoms with Gasteiger partial charge in [0.15, 0.2) is 11.5 Å². The minimum atomic E-state index is -0.413. The maximum absolute atomic E-state index is 12.7. The van der Waals surface area contributed by atoms with Gasteiger partial charge in [-0.25, -0.2) is 4.98 Å². The lowest BCUT2D eigenvalue weighted by molar-refractivity contribution is -0.135. The topological polar surface area (TPSA) is 75.4 Å². The zero-order chi connectivity index (χ0) is 17.8. The summed E-state index contributed by atoms with van der Waals surface area (Å²) in [6.07, 6.45) is 1.33. The zero-order valence-corrected chi connectivity index (χ0v) is 15.4. The fourth-order valence-corrected chi connectivity index (χ4v) is 4.94. The molecule has 4 rings (SSSR count). The maximum atomic E-state index is 12.7. The minimum Gasteiger partial charge on any atom is -0.440 e. The van der Waals surface area contributed by atoms with Crippen molar-refractivity contribution in [3.8, 4) is 0 Å². The summed E-state index contributed by atoms with van der Waals surface area (Å²) in [4.78, 5) is 30.9. The van der Waals surface area contributed by atoms with E-state index in [2.05, 4.69) is 10.3 Å². The molecule has 2 amide bonds. The van der Waals surface area contributed by atoms with Gasteiger partial charge in [-0.3, -0.25) is 9.59 Å². The van der Waals surface area contributed by atoms with Crippen molar-refractivity contribution in [1.82, 2.24) is 9.88 Å². The van der Waals surface area contributed by atoms with E-state index in [0.717, 1.165) is 11.9 Å². The zero-order valence-electron chi connectivity index (χ0n) is 14.5. The Morgan fingerprint density at radius 1 is 1.48 bits per heavy atom. The number of nitrogens with zero attached hydrogens (tertiary/aromatic N) is 2. The first-order valence-corrected chi connectivity index (χ1v) is 9.53. The molecule has 1 N–H and O–H groups in total. The molecule has 2 aliphatic rings. The molecule has 25 heavy (non-hydrogen) atoms. The van der Waals surface area contributed by atoms with E-state index < -0.39 is 6.04 Å². The lowest BCUT2D eigenvalue weighted by Crippen LogP contribution is -2.48. The number of hydrogen-bond donors (Lipinski definition) is 1. The Balaban J connectivity index is 1.55. The second kappa shape index (κ2) is 5.76. The van der Waals surface area contributed by atoms with Gasteiger partial charge in [-0.2, -0.15) is 0 Å². The number of fused-ring (bicyclic) bond motifs is 2. The highest BCUT2D eigenvalue weighted by atomic mass is 32.2. The Labute approximate surface area is 150 Å².